The Morgan fingerprint density at radius 1 is 1.56 bits per heavy atom. The van der Waals surface area contributed by atoms with Gasteiger partial charge in [0.05, 0.1) is 5.69 Å². The van der Waals surface area contributed by atoms with Crippen molar-refractivity contribution in [1.82, 2.24) is 15.4 Å². The van der Waals surface area contributed by atoms with Crippen LogP contribution < -0.4 is 5.32 Å². The van der Waals surface area contributed by atoms with Crippen LogP contribution >= 0.6 is 0 Å². The molecule has 0 radical (unpaired) electrons. The maximum Gasteiger partial charge on any atom is 0.292 e. The van der Waals surface area contributed by atoms with Gasteiger partial charge in [0.15, 0.2) is 0 Å². The van der Waals surface area contributed by atoms with Crippen molar-refractivity contribution in [2.45, 2.75) is 26.2 Å². The van der Waals surface area contributed by atoms with Crippen molar-refractivity contribution in [3.05, 3.63) is 17.5 Å². The van der Waals surface area contributed by atoms with Gasteiger partial charge in [0.2, 0.25) is 5.76 Å². The SMILES string of the molecule is CNCCC1CCN(C(=O)c2cc(C)no2)CC1. The third kappa shape index (κ3) is 3.10. The highest BCUT2D eigenvalue weighted by molar-refractivity contribution is 5.91. The second-order valence-corrected chi connectivity index (χ2v) is 4.96. The second kappa shape index (κ2) is 6.00. The lowest BCUT2D eigenvalue weighted by molar-refractivity contribution is 0.0645. The van der Waals surface area contributed by atoms with Crippen LogP contribution in [-0.4, -0.2) is 42.6 Å². The van der Waals surface area contributed by atoms with Crippen molar-refractivity contribution < 1.29 is 9.32 Å². The second-order valence-electron chi connectivity index (χ2n) is 4.96. The molecule has 5 nitrogen and oxygen atoms in total. The van der Waals surface area contributed by atoms with Crippen LogP contribution in [0.15, 0.2) is 10.6 Å². The molecule has 2 heterocycles. The third-order valence-electron chi connectivity index (χ3n) is 3.54. The average molecular weight is 251 g/mol. The number of aryl methyl sites for hydroxylation is 1. The predicted octanol–water partition coefficient (Wildman–Crippen LogP) is 1.44. The number of nitrogens with zero attached hydrogens (tertiary/aromatic N) is 2. The summed E-state index contributed by atoms with van der Waals surface area (Å²) in [4.78, 5) is 14.0. The summed E-state index contributed by atoms with van der Waals surface area (Å²) in [5.74, 6) is 1.07. The van der Waals surface area contributed by atoms with E-state index in [-0.39, 0.29) is 5.91 Å². The molecule has 0 spiro atoms. The molecule has 1 aliphatic heterocycles. The number of hydrogen-bond donors (Lipinski definition) is 1. The Balaban J connectivity index is 1.84. The van der Waals surface area contributed by atoms with Crippen LogP contribution in [-0.2, 0) is 0 Å². The zero-order valence-electron chi connectivity index (χ0n) is 11.1. The van der Waals surface area contributed by atoms with E-state index in [9.17, 15) is 4.79 Å². The van der Waals surface area contributed by atoms with E-state index in [4.69, 9.17) is 4.52 Å². The zero-order valence-corrected chi connectivity index (χ0v) is 11.1. The zero-order chi connectivity index (χ0) is 13.0. The van der Waals surface area contributed by atoms with Crippen LogP contribution in [0.25, 0.3) is 0 Å². The van der Waals surface area contributed by atoms with Gasteiger partial charge in [-0.05, 0) is 45.7 Å². The van der Waals surface area contributed by atoms with Gasteiger partial charge in [0.25, 0.3) is 5.91 Å². The average Bonchev–Trinajstić information content (AvgIpc) is 2.83. The van der Waals surface area contributed by atoms with Gasteiger partial charge in [0.1, 0.15) is 0 Å². The number of hydrogen-bond acceptors (Lipinski definition) is 4. The summed E-state index contributed by atoms with van der Waals surface area (Å²) >= 11 is 0. The Kier molecular flexibility index (Phi) is 4.36. The van der Waals surface area contributed by atoms with Crippen LogP contribution in [0.2, 0.25) is 0 Å². The predicted molar refractivity (Wildman–Crippen MR) is 68.4 cm³/mol. The molecule has 0 unspecified atom stereocenters. The molecule has 100 valence electrons. The van der Waals surface area contributed by atoms with Gasteiger partial charge < -0.3 is 14.7 Å². The summed E-state index contributed by atoms with van der Waals surface area (Å²) in [5.41, 5.74) is 0.752. The molecule has 1 aromatic rings. The van der Waals surface area contributed by atoms with Gasteiger partial charge >= 0.3 is 0 Å². The minimum atomic E-state index is -0.0253. The lowest BCUT2D eigenvalue weighted by atomic mass is 9.93. The van der Waals surface area contributed by atoms with Gasteiger partial charge in [-0.15, -0.1) is 0 Å². The molecule has 0 bridgehead atoms. The van der Waals surface area contributed by atoms with E-state index in [2.05, 4.69) is 10.5 Å². The maximum atomic E-state index is 12.1. The van der Waals surface area contributed by atoms with Crippen molar-refractivity contribution in [2.75, 3.05) is 26.7 Å². The summed E-state index contributed by atoms with van der Waals surface area (Å²) in [5, 5.41) is 6.93. The molecule has 1 aliphatic rings. The highest BCUT2D eigenvalue weighted by Crippen LogP contribution is 2.21. The summed E-state index contributed by atoms with van der Waals surface area (Å²) in [7, 11) is 1.98. The van der Waals surface area contributed by atoms with Crippen LogP contribution in [0, 0.1) is 12.8 Å². The molecule has 1 N–H and O–H groups in total. The highest BCUT2D eigenvalue weighted by atomic mass is 16.5. The number of amides is 1. The topological polar surface area (TPSA) is 58.4 Å². The standard InChI is InChI=1S/C13H21N3O2/c1-10-9-12(18-15-10)13(17)16-7-4-11(5-8-16)3-6-14-2/h9,11,14H,3-8H2,1-2H3. The molecule has 1 amide bonds. The quantitative estimate of drug-likeness (QED) is 0.880. The normalized spacial score (nSPS) is 17.1. The molecule has 1 saturated heterocycles. The first-order valence-electron chi connectivity index (χ1n) is 6.58. The Morgan fingerprint density at radius 3 is 2.83 bits per heavy atom. The van der Waals surface area contributed by atoms with Crippen LogP contribution in [0.1, 0.15) is 35.5 Å². The number of rotatable bonds is 4. The first-order chi connectivity index (χ1) is 8.70. The Hall–Kier alpha value is -1.36. The van der Waals surface area contributed by atoms with E-state index in [1.54, 1.807) is 6.07 Å². The van der Waals surface area contributed by atoms with E-state index < -0.39 is 0 Å². The molecular formula is C13H21N3O2. The van der Waals surface area contributed by atoms with Crippen molar-refractivity contribution in [3.8, 4) is 0 Å². The Morgan fingerprint density at radius 2 is 2.28 bits per heavy atom. The summed E-state index contributed by atoms with van der Waals surface area (Å²) < 4.78 is 5.02. The van der Waals surface area contributed by atoms with Crippen molar-refractivity contribution >= 4 is 5.91 Å². The number of carbonyl (C=O) groups excluding carboxylic acids is 1. The van der Waals surface area contributed by atoms with E-state index in [1.165, 1.54) is 6.42 Å². The largest absolute Gasteiger partial charge is 0.351 e. The fourth-order valence-corrected chi connectivity index (χ4v) is 2.39. The highest BCUT2D eigenvalue weighted by Gasteiger charge is 2.25. The van der Waals surface area contributed by atoms with Gasteiger partial charge in [0, 0.05) is 19.2 Å². The lowest BCUT2D eigenvalue weighted by Crippen LogP contribution is -2.38. The molecule has 0 aliphatic carbocycles. The van der Waals surface area contributed by atoms with Crippen LogP contribution in [0.5, 0.6) is 0 Å². The van der Waals surface area contributed by atoms with Crippen molar-refractivity contribution in [3.63, 3.8) is 0 Å². The first kappa shape index (κ1) is 13.1. The molecule has 1 fully saturated rings. The van der Waals surface area contributed by atoms with E-state index >= 15 is 0 Å². The molecular weight excluding hydrogens is 230 g/mol. The van der Waals surface area contributed by atoms with Crippen LogP contribution in [0.3, 0.4) is 0 Å². The molecule has 18 heavy (non-hydrogen) atoms. The Bertz CT molecular complexity index is 395. The summed E-state index contributed by atoms with van der Waals surface area (Å²) in [6, 6.07) is 1.70. The monoisotopic (exact) mass is 251 g/mol. The van der Waals surface area contributed by atoms with Crippen molar-refractivity contribution in [1.29, 1.82) is 0 Å². The van der Waals surface area contributed by atoms with E-state index in [1.807, 2.05) is 18.9 Å². The summed E-state index contributed by atoms with van der Waals surface area (Å²) in [6.07, 6.45) is 3.36. The summed E-state index contributed by atoms with van der Waals surface area (Å²) in [6.45, 7) is 4.53. The molecule has 1 aromatic heterocycles. The minimum Gasteiger partial charge on any atom is -0.351 e. The number of likely N-dealkylation sites (tertiary alicyclic amines) is 1. The molecule has 5 heteroatoms. The number of nitrogens with one attached hydrogen (secondary N) is 1. The fraction of sp³-hybridized carbons (Fsp3) is 0.692. The first-order valence-corrected chi connectivity index (χ1v) is 6.58. The van der Waals surface area contributed by atoms with Crippen molar-refractivity contribution in [2.24, 2.45) is 5.92 Å². The fourth-order valence-electron chi connectivity index (χ4n) is 2.39. The molecule has 0 saturated carbocycles. The van der Waals surface area contributed by atoms with E-state index in [0.29, 0.717) is 5.76 Å². The van der Waals surface area contributed by atoms with Gasteiger partial charge in [-0.1, -0.05) is 5.16 Å². The maximum absolute atomic E-state index is 12.1. The third-order valence-corrected chi connectivity index (χ3v) is 3.54. The van der Waals surface area contributed by atoms with Crippen LogP contribution in [0.4, 0.5) is 0 Å². The number of piperidine rings is 1. The Labute approximate surface area is 108 Å². The van der Waals surface area contributed by atoms with Gasteiger partial charge in [-0.2, -0.15) is 0 Å². The van der Waals surface area contributed by atoms with E-state index in [0.717, 1.165) is 44.1 Å². The number of aromatic nitrogens is 1. The lowest BCUT2D eigenvalue weighted by Gasteiger charge is -2.31. The molecule has 2 rings (SSSR count). The minimum absolute atomic E-state index is 0.0253. The number of carbonyl (C=O) groups is 1. The smallest absolute Gasteiger partial charge is 0.292 e. The molecule has 0 aromatic carbocycles. The van der Waals surface area contributed by atoms with Gasteiger partial charge in [-0.25, -0.2) is 0 Å². The molecule has 0 atom stereocenters. The van der Waals surface area contributed by atoms with Gasteiger partial charge in [-0.3, -0.25) is 4.79 Å².